The zero-order chi connectivity index (χ0) is 17.4. The minimum atomic E-state index is 0.00495. The van der Waals surface area contributed by atoms with Gasteiger partial charge in [-0.1, -0.05) is 0 Å². The number of nitrogens with one attached hydrogen (secondary N) is 1. The van der Waals surface area contributed by atoms with Crippen molar-refractivity contribution in [3.63, 3.8) is 0 Å². The number of guanidine groups is 1. The summed E-state index contributed by atoms with van der Waals surface area (Å²) in [4.78, 5) is 18.0. The second-order valence-corrected chi connectivity index (χ2v) is 5.44. The molecule has 0 aliphatic carbocycles. The summed E-state index contributed by atoms with van der Waals surface area (Å²) in [5.74, 6) is 1.55. The first-order valence-electron chi connectivity index (χ1n) is 8.38. The van der Waals surface area contributed by atoms with Crippen molar-refractivity contribution in [3.05, 3.63) is 18.2 Å². The van der Waals surface area contributed by atoms with E-state index in [1.54, 1.807) is 6.07 Å². The average molecular weight is 334 g/mol. The molecule has 0 atom stereocenters. The van der Waals surface area contributed by atoms with Gasteiger partial charge in [-0.2, -0.15) is 0 Å². The van der Waals surface area contributed by atoms with Crippen LogP contribution >= 0.6 is 0 Å². The van der Waals surface area contributed by atoms with Gasteiger partial charge in [-0.3, -0.25) is 4.79 Å². The van der Waals surface area contributed by atoms with E-state index in [-0.39, 0.29) is 18.4 Å². The van der Waals surface area contributed by atoms with Crippen molar-refractivity contribution in [2.75, 3.05) is 38.2 Å². The number of nitrogens with zero attached hydrogens (tertiary/aromatic N) is 2. The SMILES string of the molecule is CCOc1ccc(OCC)c(NC(N)=NCC(=O)N2CCCC2)c1. The molecule has 1 aliphatic heterocycles. The van der Waals surface area contributed by atoms with Crippen molar-refractivity contribution in [1.82, 2.24) is 4.90 Å². The number of carbonyl (C=O) groups is 1. The molecule has 1 aromatic carbocycles. The number of likely N-dealkylation sites (tertiary alicyclic amines) is 1. The molecule has 24 heavy (non-hydrogen) atoms. The molecule has 0 unspecified atom stereocenters. The van der Waals surface area contributed by atoms with Gasteiger partial charge in [0.25, 0.3) is 0 Å². The van der Waals surface area contributed by atoms with Gasteiger partial charge in [-0.25, -0.2) is 4.99 Å². The summed E-state index contributed by atoms with van der Waals surface area (Å²) in [7, 11) is 0. The number of rotatable bonds is 7. The molecule has 0 spiro atoms. The van der Waals surface area contributed by atoms with Crippen LogP contribution in [0, 0.1) is 0 Å². The van der Waals surface area contributed by atoms with E-state index in [0.717, 1.165) is 25.9 Å². The number of amides is 1. The third-order valence-electron chi connectivity index (χ3n) is 3.67. The highest BCUT2D eigenvalue weighted by Crippen LogP contribution is 2.29. The molecule has 1 aliphatic rings. The van der Waals surface area contributed by atoms with Crippen molar-refractivity contribution in [2.45, 2.75) is 26.7 Å². The predicted molar refractivity (Wildman–Crippen MR) is 94.7 cm³/mol. The van der Waals surface area contributed by atoms with Crippen molar-refractivity contribution < 1.29 is 14.3 Å². The van der Waals surface area contributed by atoms with Crippen LogP contribution in [0.1, 0.15) is 26.7 Å². The van der Waals surface area contributed by atoms with E-state index >= 15 is 0 Å². The number of hydrogen-bond acceptors (Lipinski definition) is 4. The largest absolute Gasteiger partial charge is 0.494 e. The summed E-state index contributed by atoms with van der Waals surface area (Å²) in [5, 5.41) is 2.99. The predicted octanol–water partition coefficient (Wildman–Crippen LogP) is 1.83. The van der Waals surface area contributed by atoms with Crippen LogP contribution in [0.4, 0.5) is 5.69 Å². The molecule has 0 bridgehead atoms. The van der Waals surface area contributed by atoms with Crippen LogP contribution in [0.2, 0.25) is 0 Å². The number of carbonyl (C=O) groups excluding carboxylic acids is 1. The van der Waals surface area contributed by atoms with Gasteiger partial charge in [0.2, 0.25) is 5.91 Å². The molecule has 1 aromatic rings. The molecule has 7 nitrogen and oxygen atoms in total. The average Bonchev–Trinajstić information content (AvgIpc) is 3.10. The first kappa shape index (κ1) is 17.9. The lowest BCUT2D eigenvalue weighted by Crippen LogP contribution is -2.31. The Morgan fingerprint density at radius 3 is 2.62 bits per heavy atom. The third-order valence-corrected chi connectivity index (χ3v) is 3.67. The van der Waals surface area contributed by atoms with Gasteiger partial charge in [-0.15, -0.1) is 0 Å². The lowest BCUT2D eigenvalue weighted by atomic mass is 10.2. The Hall–Kier alpha value is -2.44. The molecule has 7 heteroatoms. The maximum Gasteiger partial charge on any atom is 0.244 e. The Morgan fingerprint density at radius 2 is 1.96 bits per heavy atom. The van der Waals surface area contributed by atoms with Crippen LogP contribution in [0.15, 0.2) is 23.2 Å². The maximum absolute atomic E-state index is 12.0. The summed E-state index contributed by atoms with van der Waals surface area (Å²) < 4.78 is 11.1. The van der Waals surface area contributed by atoms with Gasteiger partial charge in [0, 0.05) is 19.2 Å². The van der Waals surface area contributed by atoms with E-state index in [4.69, 9.17) is 15.2 Å². The Labute approximate surface area is 142 Å². The Morgan fingerprint density at radius 1 is 1.25 bits per heavy atom. The molecule has 1 amide bonds. The van der Waals surface area contributed by atoms with E-state index in [0.29, 0.717) is 30.4 Å². The third kappa shape index (κ3) is 5.04. The number of anilines is 1. The van der Waals surface area contributed by atoms with Crippen LogP contribution in [0.5, 0.6) is 11.5 Å². The molecule has 0 radical (unpaired) electrons. The summed E-state index contributed by atoms with van der Waals surface area (Å²) >= 11 is 0. The highest BCUT2D eigenvalue weighted by atomic mass is 16.5. The highest BCUT2D eigenvalue weighted by molar-refractivity contribution is 5.95. The van der Waals surface area contributed by atoms with E-state index in [9.17, 15) is 4.79 Å². The zero-order valence-electron chi connectivity index (χ0n) is 14.4. The summed E-state index contributed by atoms with van der Waals surface area (Å²) in [6.07, 6.45) is 2.12. The number of aliphatic imine (C=N–C) groups is 1. The summed E-state index contributed by atoms with van der Waals surface area (Å²) in [6.45, 7) is 6.61. The fourth-order valence-corrected chi connectivity index (χ4v) is 2.54. The first-order valence-corrected chi connectivity index (χ1v) is 8.38. The molecular weight excluding hydrogens is 308 g/mol. The van der Waals surface area contributed by atoms with Gasteiger partial charge in [0.15, 0.2) is 5.96 Å². The number of ether oxygens (including phenoxy) is 2. The first-order chi connectivity index (χ1) is 11.6. The molecule has 0 aromatic heterocycles. The molecule has 1 saturated heterocycles. The lowest BCUT2D eigenvalue weighted by Gasteiger charge is -2.15. The van der Waals surface area contributed by atoms with E-state index in [1.165, 1.54) is 0 Å². The van der Waals surface area contributed by atoms with Gasteiger partial charge >= 0.3 is 0 Å². The Balaban J connectivity index is 2.02. The van der Waals surface area contributed by atoms with E-state index < -0.39 is 0 Å². The van der Waals surface area contributed by atoms with Crippen LogP contribution in [-0.2, 0) is 4.79 Å². The minimum absolute atomic E-state index is 0.00495. The second kappa shape index (κ2) is 9.00. The molecule has 132 valence electrons. The standard InChI is InChI=1S/C17H26N4O3/c1-3-23-13-7-8-15(24-4-2)14(11-13)20-17(18)19-12-16(22)21-9-5-6-10-21/h7-8,11H,3-6,9-10,12H2,1-2H3,(H3,18,19,20). The summed E-state index contributed by atoms with van der Waals surface area (Å²) in [6, 6.07) is 5.46. The molecule has 2 rings (SSSR count). The van der Waals surface area contributed by atoms with Gasteiger partial charge in [0.1, 0.15) is 18.0 Å². The monoisotopic (exact) mass is 334 g/mol. The van der Waals surface area contributed by atoms with Crippen molar-refractivity contribution in [3.8, 4) is 11.5 Å². The van der Waals surface area contributed by atoms with Crippen LogP contribution in [0.3, 0.4) is 0 Å². The fourth-order valence-electron chi connectivity index (χ4n) is 2.54. The molecular formula is C17H26N4O3. The van der Waals surface area contributed by atoms with Crippen LogP contribution < -0.4 is 20.5 Å². The molecule has 0 saturated carbocycles. The minimum Gasteiger partial charge on any atom is -0.494 e. The second-order valence-electron chi connectivity index (χ2n) is 5.44. The van der Waals surface area contributed by atoms with Crippen molar-refractivity contribution in [1.29, 1.82) is 0 Å². The lowest BCUT2D eigenvalue weighted by molar-refractivity contribution is -0.128. The molecule has 1 fully saturated rings. The van der Waals surface area contributed by atoms with Crippen molar-refractivity contribution in [2.24, 2.45) is 10.7 Å². The highest BCUT2D eigenvalue weighted by Gasteiger charge is 2.17. The Kier molecular flexibility index (Phi) is 6.72. The zero-order valence-corrected chi connectivity index (χ0v) is 14.4. The number of benzene rings is 1. The van der Waals surface area contributed by atoms with Gasteiger partial charge < -0.3 is 25.4 Å². The smallest absolute Gasteiger partial charge is 0.244 e. The van der Waals surface area contributed by atoms with Crippen LogP contribution in [0.25, 0.3) is 0 Å². The van der Waals surface area contributed by atoms with Crippen molar-refractivity contribution >= 4 is 17.6 Å². The number of hydrogen-bond donors (Lipinski definition) is 2. The molecule has 3 N–H and O–H groups in total. The quantitative estimate of drug-likeness (QED) is 0.586. The molecule has 1 heterocycles. The van der Waals surface area contributed by atoms with E-state index in [2.05, 4.69) is 10.3 Å². The fraction of sp³-hybridized carbons (Fsp3) is 0.529. The van der Waals surface area contributed by atoms with E-state index in [1.807, 2.05) is 30.9 Å². The van der Waals surface area contributed by atoms with Gasteiger partial charge in [0.05, 0.1) is 18.9 Å². The van der Waals surface area contributed by atoms with Gasteiger partial charge in [-0.05, 0) is 38.8 Å². The maximum atomic E-state index is 12.0. The normalized spacial score (nSPS) is 14.6. The number of nitrogens with two attached hydrogens (primary N) is 1. The van der Waals surface area contributed by atoms with Crippen LogP contribution in [-0.4, -0.2) is 49.6 Å². The summed E-state index contributed by atoms with van der Waals surface area (Å²) in [5.41, 5.74) is 6.58. The Bertz CT molecular complexity index is 583. The topological polar surface area (TPSA) is 89.2 Å².